The van der Waals surface area contributed by atoms with Crippen LogP contribution in [0, 0.1) is 0 Å². The zero-order chi connectivity index (χ0) is 14.0. The van der Waals surface area contributed by atoms with E-state index in [4.69, 9.17) is 9.88 Å². The summed E-state index contributed by atoms with van der Waals surface area (Å²) in [5, 5.41) is 4.89. The van der Waals surface area contributed by atoms with E-state index in [1.54, 1.807) is 6.92 Å². The zero-order valence-electron chi connectivity index (χ0n) is 9.19. The van der Waals surface area contributed by atoms with Crippen LogP contribution in [0.3, 0.4) is 0 Å². The van der Waals surface area contributed by atoms with Gasteiger partial charge in [0, 0.05) is 6.07 Å². The molecule has 0 saturated carbocycles. The van der Waals surface area contributed by atoms with E-state index in [1.165, 1.54) is 0 Å². The number of hydrogen-bond acceptors (Lipinski definition) is 4. The molecule has 0 bridgehead atoms. The second-order valence-electron chi connectivity index (χ2n) is 3.13. The number of nitrogens with two attached hydrogens (primary N) is 1. The van der Waals surface area contributed by atoms with Gasteiger partial charge in [0.1, 0.15) is 16.4 Å². The van der Waals surface area contributed by atoms with Gasteiger partial charge in [-0.05, 0) is 19.1 Å². The molecular weight excluding hydrogens is 275 g/mol. The number of sulfonamides is 1. The highest BCUT2D eigenvalue weighted by Crippen LogP contribution is 2.31. The van der Waals surface area contributed by atoms with E-state index in [9.17, 15) is 21.6 Å². The van der Waals surface area contributed by atoms with E-state index in [1.807, 2.05) is 0 Å². The maximum atomic E-state index is 12.0. The van der Waals surface area contributed by atoms with Gasteiger partial charge in [-0.3, -0.25) is 0 Å². The van der Waals surface area contributed by atoms with Crippen LogP contribution in [0.5, 0.6) is 11.5 Å². The normalized spacial score (nSPS) is 12.3. The van der Waals surface area contributed by atoms with Crippen molar-refractivity contribution < 1.29 is 31.1 Å². The average molecular weight is 285 g/mol. The van der Waals surface area contributed by atoms with Crippen molar-refractivity contribution in [1.82, 2.24) is 0 Å². The second kappa shape index (κ2) is 5.02. The first-order chi connectivity index (χ1) is 8.13. The molecule has 0 aliphatic heterocycles. The molecule has 1 rings (SSSR count). The Balaban J connectivity index is 3.19. The minimum absolute atomic E-state index is 0.0675. The number of rotatable bonds is 4. The molecule has 0 spiro atoms. The fourth-order valence-electron chi connectivity index (χ4n) is 1.19. The lowest BCUT2D eigenvalue weighted by atomic mass is 10.3. The molecule has 18 heavy (non-hydrogen) atoms. The first kappa shape index (κ1) is 14.6. The fourth-order valence-corrected chi connectivity index (χ4v) is 1.84. The molecule has 0 aliphatic carbocycles. The summed E-state index contributed by atoms with van der Waals surface area (Å²) < 4.78 is 66.8. The van der Waals surface area contributed by atoms with Crippen LogP contribution in [0.25, 0.3) is 0 Å². The van der Waals surface area contributed by atoms with Crippen LogP contribution in [0.4, 0.5) is 13.2 Å². The van der Waals surface area contributed by atoms with Gasteiger partial charge in [-0.2, -0.15) is 0 Å². The smallest absolute Gasteiger partial charge is 0.492 e. The van der Waals surface area contributed by atoms with E-state index in [-0.39, 0.29) is 12.4 Å². The van der Waals surface area contributed by atoms with Gasteiger partial charge >= 0.3 is 6.36 Å². The summed E-state index contributed by atoms with van der Waals surface area (Å²) in [6.45, 7) is 1.61. The fraction of sp³-hybridized carbons (Fsp3) is 0.333. The molecule has 0 fully saturated rings. The van der Waals surface area contributed by atoms with Crippen molar-refractivity contribution in [2.45, 2.75) is 18.2 Å². The third-order valence-corrected chi connectivity index (χ3v) is 2.71. The summed E-state index contributed by atoms with van der Waals surface area (Å²) in [6, 6.07) is 2.55. The van der Waals surface area contributed by atoms with Crippen LogP contribution in [0.15, 0.2) is 23.1 Å². The van der Waals surface area contributed by atoms with Crippen molar-refractivity contribution in [3.05, 3.63) is 18.2 Å². The van der Waals surface area contributed by atoms with Gasteiger partial charge in [0.15, 0.2) is 0 Å². The van der Waals surface area contributed by atoms with Crippen molar-refractivity contribution in [1.29, 1.82) is 0 Å². The standard InChI is InChI=1S/C9H10F3NO4S/c1-2-16-7-5-6(17-9(10,11)12)3-4-8(7)18(13,14)15/h3-5H,2H2,1H3,(H2,13,14,15). The third-order valence-electron chi connectivity index (χ3n) is 1.76. The minimum atomic E-state index is -4.87. The predicted octanol–water partition coefficient (Wildman–Crippen LogP) is 1.63. The van der Waals surface area contributed by atoms with Crippen LogP contribution in [-0.2, 0) is 10.0 Å². The Morgan fingerprint density at radius 3 is 2.39 bits per heavy atom. The number of primary sulfonamides is 1. The molecule has 0 amide bonds. The summed E-state index contributed by atoms with van der Waals surface area (Å²) in [4.78, 5) is -0.404. The van der Waals surface area contributed by atoms with Crippen LogP contribution in [-0.4, -0.2) is 21.4 Å². The van der Waals surface area contributed by atoms with Crippen LogP contribution in [0.1, 0.15) is 6.92 Å². The van der Waals surface area contributed by atoms with E-state index in [2.05, 4.69) is 4.74 Å². The number of alkyl halides is 3. The van der Waals surface area contributed by atoms with Crippen molar-refractivity contribution in [2.75, 3.05) is 6.61 Å². The van der Waals surface area contributed by atoms with E-state index < -0.39 is 27.0 Å². The van der Waals surface area contributed by atoms with Gasteiger partial charge in [-0.25, -0.2) is 13.6 Å². The molecule has 0 radical (unpaired) electrons. The first-order valence-electron chi connectivity index (χ1n) is 4.69. The quantitative estimate of drug-likeness (QED) is 0.912. The lowest BCUT2D eigenvalue weighted by Gasteiger charge is -2.12. The highest BCUT2D eigenvalue weighted by Gasteiger charge is 2.31. The van der Waals surface area contributed by atoms with E-state index in [0.29, 0.717) is 0 Å². The Morgan fingerprint density at radius 2 is 1.94 bits per heavy atom. The summed E-state index contributed by atoms with van der Waals surface area (Å²) in [5.41, 5.74) is 0. The lowest BCUT2D eigenvalue weighted by molar-refractivity contribution is -0.274. The second-order valence-corrected chi connectivity index (χ2v) is 4.66. The van der Waals surface area contributed by atoms with Crippen molar-refractivity contribution >= 4 is 10.0 Å². The monoisotopic (exact) mass is 285 g/mol. The predicted molar refractivity (Wildman–Crippen MR) is 55.7 cm³/mol. The van der Waals surface area contributed by atoms with Crippen LogP contribution in [0.2, 0.25) is 0 Å². The van der Waals surface area contributed by atoms with Crippen molar-refractivity contribution in [2.24, 2.45) is 5.14 Å². The van der Waals surface area contributed by atoms with Gasteiger partial charge in [0.25, 0.3) is 0 Å². The van der Waals surface area contributed by atoms with E-state index >= 15 is 0 Å². The van der Waals surface area contributed by atoms with Gasteiger partial charge in [-0.15, -0.1) is 13.2 Å². The molecule has 0 aliphatic rings. The SMILES string of the molecule is CCOc1cc(OC(F)(F)F)ccc1S(N)(=O)=O. The molecule has 1 aromatic carbocycles. The Morgan fingerprint density at radius 1 is 1.33 bits per heavy atom. The Hall–Kier alpha value is -1.48. The minimum Gasteiger partial charge on any atom is -0.492 e. The molecular formula is C9H10F3NO4S. The number of hydrogen-bond donors (Lipinski definition) is 1. The lowest BCUT2D eigenvalue weighted by Crippen LogP contribution is -2.18. The van der Waals surface area contributed by atoms with Gasteiger partial charge in [-0.1, -0.05) is 0 Å². The summed E-state index contributed by atoms with van der Waals surface area (Å²) in [7, 11) is -4.08. The number of benzene rings is 1. The first-order valence-corrected chi connectivity index (χ1v) is 6.23. The molecule has 2 N–H and O–H groups in total. The molecule has 9 heteroatoms. The van der Waals surface area contributed by atoms with Crippen LogP contribution < -0.4 is 14.6 Å². The molecule has 1 aromatic rings. The highest BCUT2D eigenvalue weighted by atomic mass is 32.2. The molecule has 0 saturated heterocycles. The Bertz CT molecular complexity index is 527. The summed E-state index contributed by atoms with van der Waals surface area (Å²) in [5.74, 6) is -0.875. The van der Waals surface area contributed by atoms with Crippen LogP contribution >= 0.6 is 0 Å². The maximum Gasteiger partial charge on any atom is 0.573 e. The summed E-state index contributed by atoms with van der Waals surface area (Å²) >= 11 is 0. The molecule has 0 atom stereocenters. The molecule has 0 heterocycles. The summed E-state index contributed by atoms with van der Waals surface area (Å²) in [6.07, 6.45) is -4.87. The average Bonchev–Trinajstić information content (AvgIpc) is 2.13. The Kier molecular flexibility index (Phi) is 4.07. The topological polar surface area (TPSA) is 78.6 Å². The van der Waals surface area contributed by atoms with Gasteiger partial charge < -0.3 is 9.47 Å². The highest BCUT2D eigenvalue weighted by molar-refractivity contribution is 7.89. The largest absolute Gasteiger partial charge is 0.573 e. The number of halogens is 3. The van der Waals surface area contributed by atoms with Crippen molar-refractivity contribution in [3.63, 3.8) is 0 Å². The van der Waals surface area contributed by atoms with Gasteiger partial charge in [0.05, 0.1) is 6.61 Å². The molecule has 0 unspecified atom stereocenters. The Labute approximate surface area is 101 Å². The van der Waals surface area contributed by atoms with Crippen molar-refractivity contribution in [3.8, 4) is 11.5 Å². The van der Waals surface area contributed by atoms with Gasteiger partial charge in [0.2, 0.25) is 10.0 Å². The van der Waals surface area contributed by atoms with E-state index in [0.717, 1.165) is 18.2 Å². The number of ether oxygens (including phenoxy) is 2. The molecule has 5 nitrogen and oxygen atoms in total. The third kappa shape index (κ3) is 4.08. The zero-order valence-corrected chi connectivity index (χ0v) is 10.0. The molecule has 0 aromatic heterocycles. The molecule has 102 valence electrons. The maximum absolute atomic E-state index is 12.0.